The first-order valence-corrected chi connectivity index (χ1v) is 7.30. The molecule has 1 nitrogen and oxygen atoms in total. The Balaban J connectivity index is 1.78. The van der Waals surface area contributed by atoms with E-state index in [1.807, 2.05) is 0 Å². The van der Waals surface area contributed by atoms with Crippen LogP contribution in [0, 0.1) is 5.92 Å². The highest BCUT2D eigenvalue weighted by atomic mass is 35.5. The van der Waals surface area contributed by atoms with Gasteiger partial charge in [-0.1, -0.05) is 36.8 Å². The quantitative estimate of drug-likeness (QED) is 0.802. The minimum atomic E-state index is -2.81. The summed E-state index contributed by atoms with van der Waals surface area (Å²) in [4.78, 5) is 0. The summed E-state index contributed by atoms with van der Waals surface area (Å²) < 4.78 is 27.8. The summed E-state index contributed by atoms with van der Waals surface area (Å²) in [5.41, 5.74) is 0.0707. The summed E-state index contributed by atoms with van der Waals surface area (Å²) >= 11 is 6.10. The fourth-order valence-electron chi connectivity index (χ4n) is 2.63. The predicted octanol–water partition coefficient (Wildman–Crippen LogP) is 4.17. The van der Waals surface area contributed by atoms with Crippen LogP contribution in [0.3, 0.4) is 0 Å². The zero-order valence-corrected chi connectivity index (χ0v) is 11.7. The van der Waals surface area contributed by atoms with Gasteiger partial charge in [0.1, 0.15) is 0 Å². The highest BCUT2D eigenvalue weighted by Crippen LogP contribution is 2.29. The summed E-state index contributed by atoms with van der Waals surface area (Å²) in [6.45, 7) is 0.326. The Morgan fingerprint density at radius 1 is 1.21 bits per heavy atom. The van der Waals surface area contributed by atoms with E-state index < -0.39 is 5.92 Å². The van der Waals surface area contributed by atoms with Crippen molar-refractivity contribution in [2.45, 2.75) is 37.0 Å². The topological polar surface area (TPSA) is 12.0 Å². The van der Waals surface area contributed by atoms with Gasteiger partial charge in [-0.25, -0.2) is 0 Å². The van der Waals surface area contributed by atoms with E-state index in [4.69, 9.17) is 11.6 Å². The standard InChI is InChI=1S/C15H20ClF2N/c16-14-8-4-5-12(9-14)10-19-11-15(17,18)13-6-2-1-3-7-13/h1-3,6-7,12,14,19H,4-5,8-11H2. The lowest BCUT2D eigenvalue weighted by Gasteiger charge is -2.26. The molecule has 0 heterocycles. The van der Waals surface area contributed by atoms with Crippen molar-refractivity contribution in [3.63, 3.8) is 0 Å². The summed E-state index contributed by atoms with van der Waals surface area (Å²) in [5, 5.41) is 3.12. The Morgan fingerprint density at radius 3 is 2.63 bits per heavy atom. The first kappa shape index (κ1) is 14.7. The van der Waals surface area contributed by atoms with E-state index in [9.17, 15) is 8.78 Å². The predicted molar refractivity (Wildman–Crippen MR) is 74.8 cm³/mol. The molecule has 0 aromatic heterocycles. The smallest absolute Gasteiger partial charge is 0.285 e. The van der Waals surface area contributed by atoms with Gasteiger partial charge in [-0.2, -0.15) is 8.78 Å². The van der Waals surface area contributed by atoms with Gasteiger partial charge < -0.3 is 5.32 Å². The fourth-order valence-corrected chi connectivity index (χ4v) is 3.03. The molecule has 4 heteroatoms. The molecule has 1 fully saturated rings. The Bertz CT molecular complexity index is 383. The number of halogens is 3. The van der Waals surface area contributed by atoms with Crippen molar-refractivity contribution in [2.24, 2.45) is 5.92 Å². The first-order chi connectivity index (χ1) is 9.08. The van der Waals surface area contributed by atoms with Crippen molar-refractivity contribution in [3.8, 4) is 0 Å². The van der Waals surface area contributed by atoms with E-state index in [2.05, 4.69) is 5.32 Å². The molecule has 106 valence electrons. The summed E-state index contributed by atoms with van der Waals surface area (Å²) in [7, 11) is 0. The summed E-state index contributed by atoms with van der Waals surface area (Å²) in [6, 6.07) is 7.97. The van der Waals surface area contributed by atoms with E-state index in [0.29, 0.717) is 12.5 Å². The molecule has 1 saturated carbocycles. The average Bonchev–Trinajstić information content (AvgIpc) is 2.40. The van der Waals surface area contributed by atoms with E-state index in [-0.39, 0.29) is 17.5 Å². The second-order valence-electron chi connectivity index (χ2n) is 5.33. The van der Waals surface area contributed by atoms with Gasteiger partial charge in [0, 0.05) is 10.9 Å². The molecular formula is C15H20ClF2N. The maximum absolute atomic E-state index is 13.9. The third kappa shape index (κ3) is 4.43. The minimum Gasteiger partial charge on any atom is -0.311 e. The van der Waals surface area contributed by atoms with Crippen molar-refractivity contribution in [1.29, 1.82) is 0 Å². The van der Waals surface area contributed by atoms with E-state index in [1.54, 1.807) is 18.2 Å². The highest BCUT2D eigenvalue weighted by molar-refractivity contribution is 6.20. The zero-order valence-electron chi connectivity index (χ0n) is 10.9. The highest BCUT2D eigenvalue weighted by Gasteiger charge is 2.31. The number of benzene rings is 1. The molecule has 0 amide bonds. The molecule has 2 atom stereocenters. The van der Waals surface area contributed by atoms with Crippen LogP contribution >= 0.6 is 11.6 Å². The number of alkyl halides is 3. The Labute approximate surface area is 118 Å². The lowest BCUT2D eigenvalue weighted by atomic mass is 9.89. The van der Waals surface area contributed by atoms with Crippen LogP contribution in [0.1, 0.15) is 31.2 Å². The zero-order chi connectivity index (χ0) is 13.7. The van der Waals surface area contributed by atoms with E-state index in [1.165, 1.54) is 12.1 Å². The van der Waals surface area contributed by atoms with Crippen LogP contribution in [0.25, 0.3) is 0 Å². The summed E-state index contributed by atoms with van der Waals surface area (Å²) in [6.07, 6.45) is 4.19. The van der Waals surface area contributed by atoms with Crippen molar-refractivity contribution in [2.75, 3.05) is 13.1 Å². The molecule has 19 heavy (non-hydrogen) atoms. The van der Waals surface area contributed by atoms with E-state index in [0.717, 1.165) is 25.7 Å². The largest absolute Gasteiger partial charge is 0.311 e. The normalized spacial score (nSPS) is 24.4. The van der Waals surface area contributed by atoms with Crippen LogP contribution in [-0.4, -0.2) is 18.5 Å². The van der Waals surface area contributed by atoms with Crippen molar-refractivity contribution < 1.29 is 8.78 Å². The monoisotopic (exact) mass is 287 g/mol. The molecule has 2 unspecified atom stereocenters. The third-order valence-corrected chi connectivity index (χ3v) is 4.09. The van der Waals surface area contributed by atoms with Crippen LogP contribution in [-0.2, 0) is 5.92 Å². The molecule has 2 rings (SSSR count). The molecule has 0 radical (unpaired) electrons. The average molecular weight is 288 g/mol. The van der Waals surface area contributed by atoms with Crippen molar-refractivity contribution >= 4 is 11.6 Å². The SMILES string of the molecule is FC(F)(CNCC1CCCC(Cl)C1)c1ccccc1. The molecule has 0 spiro atoms. The molecule has 1 aliphatic carbocycles. The Hall–Kier alpha value is -0.670. The van der Waals surface area contributed by atoms with Crippen LogP contribution in [0.4, 0.5) is 8.78 Å². The molecule has 0 saturated heterocycles. The van der Waals surface area contributed by atoms with Crippen LogP contribution in [0.2, 0.25) is 0 Å². The number of rotatable bonds is 5. The third-order valence-electron chi connectivity index (χ3n) is 3.69. The number of hydrogen-bond acceptors (Lipinski definition) is 1. The van der Waals surface area contributed by atoms with Gasteiger partial charge in [-0.05, 0) is 31.7 Å². The maximum Gasteiger partial charge on any atom is 0.285 e. The van der Waals surface area contributed by atoms with Gasteiger partial charge in [0.2, 0.25) is 0 Å². The molecule has 1 aromatic carbocycles. The summed E-state index contributed by atoms with van der Waals surface area (Å²) in [5.74, 6) is -2.38. The van der Waals surface area contributed by atoms with Gasteiger partial charge >= 0.3 is 0 Å². The maximum atomic E-state index is 13.9. The lowest BCUT2D eigenvalue weighted by Crippen LogP contribution is -2.35. The van der Waals surface area contributed by atoms with Crippen LogP contribution in [0.15, 0.2) is 30.3 Å². The van der Waals surface area contributed by atoms with Crippen molar-refractivity contribution in [1.82, 2.24) is 5.32 Å². The Morgan fingerprint density at radius 2 is 1.95 bits per heavy atom. The van der Waals surface area contributed by atoms with Gasteiger partial charge in [0.15, 0.2) is 0 Å². The molecule has 1 aliphatic rings. The first-order valence-electron chi connectivity index (χ1n) is 6.86. The lowest BCUT2D eigenvalue weighted by molar-refractivity contribution is -0.00409. The van der Waals surface area contributed by atoms with Crippen LogP contribution < -0.4 is 5.32 Å². The van der Waals surface area contributed by atoms with Crippen LogP contribution in [0.5, 0.6) is 0 Å². The molecular weight excluding hydrogens is 268 g/mol. The van der Waals surface area contributed by atoms with E-state index >= 15 is 0 Å². The van der Waals surface area contributed by atoms with Crippen molar-refractivity contribution in [3.05, 3.63) is 35.9 Å². The molecule has 1 N–H and O–H groups in total. The van der Waals surface area contributed by atoms with Gasteiger partial charge in [-0.3, -0.25) is 0 Å². The minimum absolute atomic E-state index is 0.0707. The van der Waals surface area contributed by atoms with Gasteiger partial charge in [0.05, 0.1) is 6.54 Å². The number of nitrogens with one attached hydrogen (secondary N) is 1. The number of hydrogen-bond donors (Lipinski definition) is 1. The Kier molecular flexibility index (Phi) is 5.17. The molecule has 1 aromatic rings. The molecule has 0 aliphatic heterocycles. The van der Waals surface area contributed by atoms with Gasteiger partial charge in [-0.15, -0.1) is 11.6 Å². The molecule has 0 bridgehead atoms. The van der Waals surface area contributed by atoms with Gasteiger partial charge in [0.25, 0.3) is 5.92 Å². The fraction of sp³-hybridized carbons (Fsp3) is 0.600. The second kappa shape index (κ2) is 6.67. The second-order valence-corrected chi connectivity index (χ2v) is 5.95.